The summed E-state index contributed by atoms with van der Waals surface area (Å²) < 4.78 is 0. The summed E-state index contributed by atoms with van der Waals surface area (Å²) in [7, 11) is 0. The number of aromatic amines is 2. The van der Waals surface area contributed by atoms with Crippen LogP contribution >= 0.6 is 0 Å². The van der Waals surface area contributed by atoms with Crippen molar-refractivity contribution in [2.45, 2.75) is 0 Å². The monoisotopic (exact) mass is 161 g/mol. The summed E-state index contributed by atoms with van der Waals surface area (Å²) >= 11 is 0. The molecule has 2 rings (SSSR count). The average molecular weight is 161 g/mol. The van der Waals surface area contributed by atoms with Gasteiger partial charge in [0.25, 0.3) is 5.56 Å². The second-order valence-electron chi connectivity index (χ2n) is 2.37. The van der Waals surface area contributed by atoms with E-state index < -0.39 is 5.69 Å². The van der Waals surface area contributed by atoms with Gasteiger partial charge in [-0.3, -0.25) is 9.78 Å². The Hall–Kier alpha value is -1.84. The van der Waals surface area contributed by atoms with Crippen LogP contribution in [0.2, 0.25) is 0 Å². The number of aromatic nitrogens is 2. The molecule has 0 aliphatic carbocycles. The molecule has 59 valence electrons. The van der Waals surface area contributed by atoms with Crippen molar-refractivity contribution in [2.75, 3.05) is 0 Å². The summed E-state index contributed by atoms with van der Waals surface area (Å²) in [6, 6.07) is 7.71. The van der Waals surface area contributed by atoms with Crippen LogP contribution in [0.3, 0.4) is 0 Å². The summed E-state index contributed by atoms with van der Waals surface area (Å²) in [6.45, 7) is 0. The predicted molar refractivity (Wildman–Crippen MR) is 44.0 cm³/mol. The van der Waals surface area contributed by atoms with Crippen molar-refractivity contribution in [3.05, 3.63) is 45.1 Å². The number of benzene rings is 1. The lowest BCUT2D eigenvalue weighted by Crippen LogP contribution is -2.21. The van der Waals surface area contributed by atoms with Crippen molar-refractivity contribution in [3.63, 3.8) is 0 Å². The first-order valence-electron chi connectivity index (χ1n) is 3.40. The van der Waals surface area contributed by atoms with Gasteiger partial charge in [0.05, 0.1) is 10.9 Å². The minimum Gasteiger partial charge on any atom is -0.306 e. The van der Waals surface area contributed by atoms with Crippen molar-refractivity contribution in [2.24, 2.45) is 0 Å². The number of rotatable bonds is 0. The van der Waals surface area contributed by atoms with E-state index in [1.54, 1.807) is 18.2 Å². The Morgan fingerprint density at radius 2 is 2.08 bits per heavy atom. The van der Waals surface area contributed by atoms with Gasteiger partial charge in [0, 0.05) is 6.07 Å². The summed E-state index contributed by atoms with van der Waals surface area (Å²) in [5.74, 6) is 0. The quantitative estimate of drug-likeness (QED) is 0.571. The zero-order valence-corrected chi connectivity index (χ0v) is 6.05. The second kappa shape index (κ2) is 2.34. The van der Waals surface area contributed by atoms with E-state index in [9.17, 15) is 9.59 Å². The molecular weight excluding hydrogens is 156 g/mol. The van der Waals surface area contributed by atoms with Gasteiger partial charge in [0.15, 0.2) is 0 Å². The molecular formula is C8H5N2O2. The lowest BCUT2D eigenvalue weighted by atomic mass is 10.2. The maximum atomic E-state index is 11.1. The molecule has 0 spiro atoms. The van der Waals surface area contributed by atoms with Gasteiger partial charge in [-0.05, 0) is 6.07 Å². The third kappa shape index (κ3) is 0.934. The molecule has 4 heteroatoms. The molecule has 0 saturated heterocycles. The minimum absolute atomic E-state index is 0.384. The molecule has 0 bridgehead atoms. The molecule has 4 nitrogen and oxygen atoms in total. The van der Waals surface area contributed by atoms with Crippen molar-refractivity contribution in [1.29, 1.82) is 0 Å². The van der Waals surface area contributed by atoms with Gasteiger partial charge in [0.1, 0.15) is 0 Å². The summed E-state index contributed by atoms with van der Waals surface area (Å²) in [4.78, 5) is 26.5. The zero-order valence-electron chi connectivity index (χ0n) is 6.05. The number of hydrogen-bond acceptors (Lipinski definition) is 2. The van der Waals surface area contributed by atoms with Gasteiger partial charge in [-0.25, -0.2) is 4.79 Å². The lowest BCUT2D eigenvalue weighted by Gasteiger charge is -1.92. The average Bonchev–Trinajstić information content (AvgIpc) is 2.04. The van der Waals surface area contributed by atoms with Crippen LogP contribution in [0.25, 0.3) is 10.9 Å². The molecule has 0 aliphatic heterocycles. The van der Waals surface area contributed by atoms with Crippen LogP contribution < -0.4 is 11.2 Å². The standard InChI is InChI=1S/C8H5N2O2/c11-7-5-3-1-2-4-6(5)9-8(12)10-7/h1-3H,(H2,9,10,11,12). The van der Waals surface area contributed by atoms with E-state index in [0.29, 0.717) is 10.9 Å². The molecule has 0 atom stereocenters. The van der Waals surface area contributed by atoms with Gasteiger partial charge in [-0.15, -0.1) is 0 Å². The maximum Gasteiger partial charge on any atom is 0.326 e. The SMILES string of the molecule is O=c1[nH]c(=O)c2ccc[c]c2[nH]1. The largest absolute Gasteiger partial charge is 0.326 e. The molecule has 0 fully saturated rings. The number of fused-ring (bicyclic) bond motifs is 1. The van der Waals surface area contributed by atoms with Gasteiger partial charge >= 0.3 is 5.69 Å². The summed E-state index contributed by atoms with van der Waals surface area (Å²) in [6.07, 6.45) is 0. The van der Waals surface area contributed by atoms with Crippen LogP contribution in [-0.2, 0) is 0 Å². The molecule has 1 radical (unpaired) electrons. The van der Waals surface area contributed by atoms with E-state index in [1.807, 2.05) is 0 Å². The fourth-order valence-corrected chi connectivity index (χ4v) is 1.04. The van der Waals surface area contributed by atoms with Crippen molar-refractivity contribution >= 4 is 10.9 Å². The van der Waals surface area contributed by atoms with Gasteiger partial charge in [0.2, 0.25) is 0 Å². The predicted octanol–water partition coefficient (Wildman–Crippen LogP) is 0.0166. The van der Waals surface area contributed by atoms with Crippen LogP contribution in [-0.4, -0.2) is 9.97 Å². The molecule has 1 aromatic heterocycles. The van der Waals surface area contributed by atoms with Gasteiger partial charge in [-0.1, -0.05) is 12.1 Å². The minimum atomic E-state index is -0.505. The first-order valence-corrected chi connectivity index (χ1v) is 3.40. The molecule has 2 aromatic rings. The molecule has 0 aliphatic rings. The van der Waals surface area contributed by atoms with Gasteiger partial charge in [-0.2, -0.15) is 0 Å². The van der Waals surface area contributed by atoms with Gasteiger partial charge < -0.3 is 4.98 Å². The Kier molecular flexibility index (Phi) is 1.33. The highest BCUT2D eigenvalue weighted by Gasteiger charge is 1.96. The molecule has 12 heavy (non-hydrogen) atoms. The Morgan fingerprint density at radius 1 is 1.25 bits per heavy atom. The van der Waals surface area contributed by atoms with E-state index in [0.717, 1.165) is 0 Å². The topological polar surface area (TPSA) is 65.7 Å². The molecule has 0 amide bonds. The highest BCUT2D eigenvalue weighted by atomic mass is 16.2. The fourth-order valence-electron chi connectivity index (χ4n) is 1.04. The molecule has 0 saturated carbocycles. The first kappa shape index (κ1) is 6.84. The lowest BCUT2D eigenvalue weighted by molar-refractivity contribution is 1.08. The zero-order chi connectivity index (χ0) is 8.55. The van der Waals surface area contributed by atoms with Crippen LogP contribution in [0, 0.1) is 6.07 Å². The smallest absolute Gasteiger partial charge is 0.306 e. The van der Waals surface area contributed by atoms with Crippen molar-refractivity contribution < 1.29 is 0 Å². The van der Waals surface area contributed by atoms with Crippen molar-refractivity contribution in [3.8, 4) is 0 Å². The van der Waals surface area contributed by atoms with Crippen molar-refractivity contribution in [1.82, 2.24) is 9.97 Å². The Bertz CT molecular complexity index is 524. The Balaban J connectivity index is 3.09. The molecule has 1 heterocycles. The fraction of sp³-hybridized carbons (Fsp3) is 0. The molecule has 1 aromatic carbocycles. The normalized spacial score (nSPS) is 10.3. The van der Waals surface area contributed by atoms with E-state index >= 15 is 0 Å². The van der Waals surface area contributed by atoms with E-state index in [-0.39, 0.29) is 5.56 Å². The number of H-pyrrole nitrogens is 2. The third-order valence-electron chi connectivity index (χ3n) is 1.57. The Labute approximate surface area is 66.9 Å². The Morgan fingerprint density at radius 3 is 2.92 bits per heavy atom. The third-order valence-corrected chi connectivity index (χ3v) is 1.57. The number of nitrogens with one attached hydrogen (secondary N) is 2. The van der Waals surface area contributed by atoms with Crippen LogP contribution in [0.5, 0.6) is 0 Å². The van der Waals surface area contributed by atoms with Crippen LogP contribution in [0.15, 0.2) is 27.8 Å². The van der Waals surface area contributed by atoms with E-state index in [1.165, 1.54) is 0 Å². The highest BCUT2D eigenvalue weighted by molar-refractivity contribution is 5.75. The number of para-hydroxylation sites is 1. The summed E-state index contributed by atoms with van der Waals surface area (Å²) in [5, 5.41) is 0.442. The van der Waals surface area contributed by atoms with Crippen LogP contribution in [0.4, 0.5) is 0 Å². The van der Waals surface area contributed by atoms with E-state index in [4.69, 9.17) is 0 Å². The van der Waals surface area contributed by atoms with E-state index in [2.05, 4.69) is 16.0 Å². The van der Waals surface area contributed by atoms with Crippen LogP contribution in [0.1, 0.15) is 0 Å². The molecule has 0 unspecified atom stereocenters. The maximum absolute atomic E-state index is 11.1. The highest BCUT2D eigenvalue weighted by Crippen LogP contribution is 2.00. The first-order chi connectivity index (χ1) is 5.77. The summed E-state index contributed by atoms with van der Waals surface area (Å²) in [5.41, 5.74) is -0.452. The second-order valence-corrected chi connectivity index (χ2v) is 2.37. The molecule has 2 N–H and O–H groups in total. The number of hydrogen-bond donors (Lipinski definition) is 2.